The summed E-state index contributed by atoms with van der Waals surface area (Å²) < 4.78 is 9.31. The SMILES string of the molecule is CC(C)(C)C(=O)Cc1ccc2ccccc2c1.CC(C)(C)C(=O)Cc1cccc2ccccc12.COc1ccc(CC(=O)c2ccc(CO)cc2)c2ccccc12.Cn1cc(C(=O)Cc2cccc3ccccc23)c2ccccc21.Cn1ccc(C(=O)Cc2cccc3ccccc23)c1.O=C(Cc1cccc2ccccc12)c1cccs1.O=C(Cc1cccc2ncccc12)c1ccc(CO)cc1. The number of benzene rings is 16. The van der Waals surface area contributed by atoms with E-state index in [-0.39, 0.29) is 64.5 Å². The highest BCUT2D eigenvalue weighted by atomic mass is 32.1. The van der Waals surface area contributed by atoms with E-state index in [9.17, 15) is 33.6 Å². The van der Waals surface area contributed by atoms with Gasteiger partial charge in [0.25, 0.3) is 0 Å². The molecule has 4 heterocycles. The van der Waals surface area contributed by atoms with Gasteiger partial charge >= 0.3 is 0 Å². The van der Waals surface area contributed by atoms with Crippen molar-refractivity contribution in [3.05, 3.63) is 477 Å². The van der Waals surface area contributed by atoms with Crippen molar-refractivity contribution >= 4 is 138 Å². The summed E-state index contributed by atoms with van der Waals surface area (Å²) in [4.78, 5) is 91.3. The van der Waals surface area contributed by atoms with E-state index in [4.69, 9.17) is 14.9 Å². The first-order valence-electron chi connectivity index (χ1n) is 46.3. The van der Waals surface area contributed by atoms with Crippen LogP contribution >= 0.6 is 11.3 Å². The summed E-state index contributed by atoms with van der Waals surface area (Å²) in [5.74, 6) is 2.03. The number of hydrogen-bond donors (Lipinski definition) is 2. The molecule has 0 saturated heterocycles. The fourth-order valence-corrected chi connectivity index (χ4v) is 17.3. The van der Waals surface area contributed by atoms with Gasteiger partial charge in [0.05, 0.1) is 30.7 Å². The van der Waals surface area contributed by atoms with Gasteiger partial charge in [-0.3, -0.25) is 38.5 Å². The van der Waals surface area contributed by atoms with E-state index >= 15 is 0 Å². The number of rotatable bonds is 22. The lowest BCUT2D eigenvalue weighted by atomic mass is 9.86. The van der Waals surface area contributed by atoms with Crippen LogP contribution in [0.25, 0.3) is 86.4 Å². The number of pyridine rings is 1. The molecule has 4 aromatic heterocycles. The van der Waals surface area contributed by atoms with Gasteiger partial charge in [0.15, 0.2) is 28.9 Å². The van der Waals surface area contributed by atoms with Crippen LogP contribution in [0.5, 0.6) is 5.75 Å². The number of aromatic nitrogens is 3. The van der Waals surface area contributed by atoms with Gasteiger partial charge < -0.3 is 24.1 Å². The smallest absolute Gasteiger partial charge is 0.177 e. The number of nitrogens with zero attached hydrogens (tertiary/aromatic N) is 3. The molecule has 0 bridgehead atoms. The third kappa shape index (κ3) is 25.7. The van der Waals surface area contributed by atoms with Gasteiger partial charge in [0.2, 0.25) is 0 Å². The molecule has 0 unspecified atom stereocenters. The third-order valence-electron chi connectivity index (χ3n) is 24.5. The van der Waals surface area contributed by atoms with Gasteiger partial charge in [0, 0.05) is 139 Å². The van der Waals surface area contributed by atoms with E-state index in [1.54, 1.807) is 61.8 Å². The van der Waals surface area contributed by atoms with E-state index in [1.807, 2.05) is 313 Å². The van der Waals surface area contributed by atoms with Crippen LogP contribution in [0.3, 0.4) is 0 Å². The summed E-state index contributed by atoms with van der Waals surface area (Å²) in [5, 5.41) is 36.0. The predicted octanol–water partition coefficient (Wildman–Crippen LogP) is 27.6. The number of aliphatic hydroxyl groups is 2. The molecule has 2 N–H and O–H groups in total. The highest BCUT2D eigenvalue weighted by Crippen LogP contribution is 2.33. The molecule has 20 aromatic rings. The van der Waals surface area contributed by atoms with Crippen molar-refractivity contribution in [2.24, 2.45) is 24.9 Å². The van der Waals surface area contributed by atoms with Gasteiger partial charge in [-0.25, -0.2) is 0 Å². The van der Waals surface area contributed by atoms with Crippen LogP contribution in [0.15, 0.2) is 400 Å². The quantitative estimate of drug-likeness (QED) is 0.0614. The van der Waals surface area contributed by atoms with E-state index in [0.717, 1.165) is 115 Å². The molecule has 0 radical (unpaired) electrons. The summed E-state index contributed by atoms with van der Waals surface area (Å²) >= 11 is 1.51. The summed E-state index contributed by atoms with van der Waals surface area (Å²) in [7, 11) is 5.56. The number of aryl methyl sites for hydroxylation is 2. The lowest BCUT2D eigenvalue weighted by Gasteiger charge is -2.17. The van der Waals surface area contributed by atoms with Crippen molar-refractivity contribution in [3.8, 4) is 5.75 Å². The number of carbonyl (C=O) groups is 7. The van der Waals surface area contributed by atoms with Crippen LogP contribution in [0.4, 0.5) is 0 Å². The van der Waals surface area contributed by atoms with E-state index in [0.29, 0.717) is 56.1 Å². The summed E-state index contributed by atoms with van der Waals surface area (Å²) in [6.45, 7) is 11.8. The molecule has 0 aliphatic rings. The van der Waals surface area contributed by atoms with Crippen LogP contribution < -0.4 is 4.74 Å². The Morgan fingerprint density at radius 3 is 1.18 bits per heavy atom. The molecule has 13 nitrogen and oxygen atoms in total. The minimum absolute atomic E-state index is 0.0105. The van der Waals surface area contributed by atoms with Gasteiger partial charge in [0.1, 0.15) is 17.3 Å². The second-order valence-electron chi connectivity index (χ2n) is 36.3. The molecule has 20 rings (SSSR count). The molecule has 0 aliphatic carbocycles. The van der Waals surface area contributed by atoms with Crippen molar-refractivity contribution in [2.45, 2.75) is 99.7 Å². The number of fused-ring (bicyclic) bond motifs is 8. The van der Waals surface area contributed by atoms with Gasteiger partial charge in [-0.15, -0.1) is 11.3 Å². The van der Waals surface area contributed by atoms with E-state index in [2.05, 4.69) is 102 Å². The monoisotopic (exact) mass is 1840 g/mol. The lowest BCUT2D eigenvalue weighted by Crippen LogP contribution is -2.22. The number of carbonyl (C=O) groups excluding carboxylic acids is 7. The molecule has 690 valence electrons. The number of hydrogen-bond acceptors (Lipinski definition) is 12. The maximum atomic E-state index is 12.9. The first-order valence-corrected chi connectivity index (χ1v) is 47.2. The average molecular weight is 1840 g/mol. The zero-order valence-electron chi connectivity index (χ0n) is 79.4. The second-order valence-corrected chi connectivity index (χ2v) is 37.3. The van der Waals surface area contributed by atoms with Crippen molar-refractivity contribution in [2.75, 3.05) is 7.11 Å². The Morgan fingerprint density at radius 2 is 0.710 bits per heavy atom. The lowest BCUT2D eigenvalue weighted by molar-refractivity contribution is -0.126. The molecule has 0 fully saturated rings. The Kier molecular flexibility index (Phi) is 33.2. The average Bonchev–Trinajstić information content (AvgIpc) is 1.57. The molecule has 14 heteroatoms. The third-order valence-corrected chi connectivity index (χ3v) is 25.4. The Balaban J connectivity index is 0.000000129. The normalized spacial score (nSPS) is 11.0. The minimum Gasteiger partial charge on any atom is -0.496 e. The number of para-hydroxylation sites is 1. The predicted molar refractivity (Wildman–Crippen MR) is 566 cm³/mol. The highest BCUT2D eigenvalue weighted by molar-refractivity contribution is 7.12. The van der Waals surface area contributed by atoms with Crippen molar-refractivity contribution in [1.82, 2.24) is 14.1 Å². The van der Waals surface area contributed by atoms with Crippen LogP contribution in [0, 0.1) is 10.8 Å². The van der Waals surface area contributed by atoms with Crippen LogP contribution in [-0.4, -0.2) is 71.9 Å². The minimum atomic E-state index is -0.267. The molecular formula is C124H113N3O10S. The number of aliphatic hydroxyl groups excluding tert-OH is 2. The number of thiophene rings is 1. The van der Waals surface area contributed by atoms with Crippen molar-refractivity contribution in [3.63, 3.8) is 0 Å². The molecule has 0 atom stereocenters. The van der Waals surface area contributed by atoms with Gasteiger partial charge in [-0.2, -0.15) is 0 Å². The molecule has 0 amide bonds. The fourth-order valence-electron chi connectivity index (χ4n) is 16.6. The number of Topliss-reactive ketones (excluding diaryl/α,β-unsaturated/α-hetero) is 7. The zero-order chi connectivity index (χ0) is 97.2. The molecule has 0 aliphatic heterocycles. The van der Waals surface area contributed by atoms with Crippen LogP contribution in [0.2, 0.25) is 0 Å². The van der Waals surface area contributed by atoms with Crippen LogP contribution in [0.1, 0.15) is 143 Å². The van der Waals surface area contributed by atoms with Gasteiger partial charge in [-0.1, -0.05) is 375 Å². The summed E-state index contributed by atoms with van der Waals surface area (Å²) in [5.41, 5.74) is 13.4. The Morgan fingerprint density at radius 1 is 0.319 bits per heavy atom. The highest BCUT2D eigenvalue weighted by Gasteiger charge is 2.24. The van der Waals surface area contributed by atoms with Crippen molar-refractivity contribution in [1.29, 1.82) is 0 Å². The Hall–Kier alpha value is -15.6. The standard InChI is InChI=1S/C21H17NO.C20H18O3.C18H15NO2.C17H15NO.C16H12OS.2C16H18O/c1-22-14-19(18-11-4-5-12-20(18)22)21(23)13-16-9-6-8-15-7-2-3-10-17(15)16;1-23-20-11-10-16(17-4-2-3-5-18(17)20)12-19(22)15-8-6-14(13-21)7-9-15;20-12-13-6-8-14(9-7-13)18(21)11-15-3-1-5-17-16(15)4-2-10-19-17;1-18-10-9-15(12-18)17(19)11-14-7-4-6-13-5-2-3-8-16(13)14;17-15(16-9-4-10-18-16)11-13-7-3-6-12-5-1-2-8-14(12)13;1-16(2,3)15(17)11-13-9-6-8-12-7-4-5-10-14(12)13;1-16(2,3)15(17)11-12-8-9-13-6-4-5-7-14(13)10-12/h2-12,14H,13H2,1H3;2-11,21H,12-13H2,1H3;1-10,20H,11-12H2;2-10,12H,11H2,1H3;1-10H,11H2;2*4-10H,11H2,1-3H3. The zero-order valence-corrected chi connectivity index (χ0v) is 80.2. The largest absolute Gasteiger partial charge is 0.496 e. The summed E-state index contributed by atoms with van der Waals surface area (Å²) in [6, 6.07) is 121. The molecule has 0 spiro atoms. The molecule has 0 saturated carbocycles. The van der Waals surface area contributed by atoms with Gasteiger partial charge in [-0.05, 0) is 151 Å². The van der Waals surface area contributed by atoms with E-state index in [1.165, 1.54) is 54.4 Å². The maximum absolute atomic E-state index is 12.9. The number of methoxy groups -OCH3 is 1. The van der Waals surface area contributed by atoms with Crippen molar-refractivity contribution < 1.29 is 48.5 Å². The molecule has 138 heavy (non-hydrogen) atoms. The molecular weight excluding hydrogens is 1720 g/mol. The first-order chi connectivity index (χ1) is 66.8. The summed E-state index contributed by atoms with van der Waals surface area (Å²) in [6.07, 6.45) is 10.5. The maximum Gasteiger partial charge on any atom is 0.177 e. The topological polar surface area (TPSA) is 192 Å². The van der Waals surface area contributed by atoms with E-state index < -0.39 is 0 Å². The number of ether oxygens (including phenoxy) is 1. The number of ketones is 7. The Labute approximate surface area is 810 Å². The first kappa shape index (κ1) is 98.4. The fraction of sp³-hybridized carbons (Fsp3) is 0.161. The Bertz CT molecular complexity index is 7670. The molecule has 16 aromatic carbocycles. The van der Waals surface area contributed by atoms with Crippen LogP contribution in [-0.2, 0) is 81.8 Å². The second kappa shape index (κ2) is 46.6.